The number of imidazole rings is 1. The lowest BCUT2D eigenvalue weighted by Crippen LogP contribution is -2.39. The zero-order valence-electron chi connectivity index (χ0n) is 11.2. The fourth-order valence-corrected chi connectivity index (χ4v) is 5.32. The molecule has 1 saturated carbocycles. The van der Waals surface area contributed by atoms with Crippen molar-refractivity contribution in [1.29, 1.82) is 0 Å². The molecule has 0 saturated heterocycles. The number of sulfonamides is 1. The summed E-state index contributed by atoms with van der Waals surface area (Å²) in [5.41, 5.74) is 5.64. The number of nitrogens with zero attached hydrogens (tertiary/aromatic N) is 2. The van der Waals surface area contributed by atoms with E-state index in [0.717, 1.165) is 25.0 Å². The molecule has 108 valence electrons. The second-order valence-corrected chi connectivity index (χ2v) is 7.84. The fourth-order valence-electron chi connectivity index (χ4n) is 2.49. The van der Waals surface area contributed by atoms with Gasteiger partial charge in [0, 0.05) is 18.3 Å². The first-order valence-electron chi connectivity index (χ1n) is 6.36. The van der Waals surface area contributed by atoms with Gasteiger partial charge >= 0.3 is 0 Å². The lowest BCUT2D eigenvalue weighted by atomic mass is 10.3. The van der Waals surface area contributed by atoms with Crippen LogP contribution in [-0.4, -0.2) is 35.0 Å². The van der Waals surface area contributed by atoms with Crippen molar-refractivity contribution < 1.29 is 8.42 Å². The van der Waals surface area contributed by atoms with Gasteiger partial charge in [-0.3, -0.25) is 0 Å². The third kappa shape index (κ3) is 3.06. The first-order chi connectivity index (χ1) is 8.95. The van der Waals surface area contributed by atoms with Gasteiger partial charge in [0.2, 0.25) is 0 Å². The summed E-state index contributed by atoms with van der Waals surface area (Å²) in [6, 6.07) is -0.00995. The van der Waals surface area contributed by atoms with Gasteiger partial charge in [-0.15, -0.1) is 0 Å². The van der Waals surface area contributed by atoms with Gasteiger partial charge < -0.3 is 10.3 Å². The summed E-state index contributed by atoms with van der Waals surface area (Å²) < 4.78 is 29.0. The molecule has 3 N–H and O–H groups in total. The number of nitrogen functional groups attached to an aromatic ring is 1. The number of rotatable bonds is 5. The first-order valence-corrected chi connectivity index (χ1v) is 8.89. The van der Waals surface area contributed by atoms with E-state index in [4.69, 9.17) is 5.73 Å². The predicted molar refractivity (Wildman–Crippen MR) is 77.5 cm³/mol. The van der Waals surface area contributed by atoms with Crippen LogP contribution in [0.3, 0.4) is 0 Å². The monoisotopic (exact) mass is 304 g/mol. The maximum absolute atomic E-state index is 12.4. The third-order valence-corrected chi connectivity index (χ3v) is 6.25. The summed E-state index contributed by atoms with van der Waals surface area (Å²) in [7, 11) is -1.97. The average molecular weight is 304 g/mol. The summed E-state index contributed by atoms with van der Waals surface area (Å²) in [4.78, 5) is 3.83. The number of hydrogen-bond acceptors (Lipinski definition) is 5. The Morgan fingerprint density at radius 3 is 2.89 bits per heavy atom. The molecule has 1 aromatic rings. The lowest BCUT2D eigenvalue weighted by Gasteiger charge is -2.20. The molecule has 0 amide bonds. The smallest absolute Gasteiger partial charge is 0.260 e. The van der Waals surface area contributed by atoms with Crippen LogP contribution in [0.1, 0.15) is 26.2 Å². The molecule has 19 heavy (non-hydrogen) atoms. The van der Waals surface area contributed by atoms with Crippen LogP contribution in [0.5, 0.6) is 0 Å². The van der Waals surface area contributed by atoms with E-state index < -0.39 is 10.0 Å². The van der Waals surface area contributed by atoms with E-state index in [9.17, 15) is 8.42 Å². The van der Waals surface area contributed by atoms with Crippen molar-refractivity contribution >= 4 is 27.6 Å². The van der Waals surface area contributed by atoms with Crippen LogP contribution in [-0.2, 0) is 17.1 Å². The van der Waals surface area contributed by atoms with Crippen LogP contribution in [0.25, 0.3) is 0 Å². The zero-order valence-corrected chi connectivity index (χ0v) is 12.8. The highest BCUT2D eigenvalue weighted by Crippen LogP contribution is 2.31. The SMILES string of the molecule is CCSC1CCCC1NS(=O)(=O)c1c(N)ncn1C. The summed E-state index contributed by atoms with van der Waals surface area (Å²) in [6.07, 6.45) is 4.42. The lowest BCUT2D eigenvalue weighted by molar-refractivity contribution is 0.547. The van der Waals surface area contributed by atoms with Gasteiger partial charge in [-0.05, 0) is 18.6 Å². The van der Waals surface area contributed by atoms with E-state index >= 15 is 0 Å². The molecule has 0 spiro atoms. The summed E-state index contributed by atoms with van der Waals surface area (Å²) >= 11 is 1.81. The maximum Gasteiger partial charge on any atom is 0.260 e. The van der Waals surface area contributed by atoms with E-state index in [0.29, 0.717) is 5.25 Å². The number of nitrogens with two attached hydrogens (primary N) is 1. The normalized spacial score (nSPS) is 23.9. The molecule has 2 rings (SSSR count). The second kappa shape index (κ2) is 5.72. The van der Waals surface area contributed by atoms with Crippen LogP contribution in [0.2, 0.25) is 0 Å². The Morgan fingerprint density at radius 2 is 2.32 bits per heavy atom. The first kappa shape index (κ1) is 14.7. The standard InChI is InChI=1S/C11H20N4O2S2/c1-3-18-9-6-4-5-8(9)14-19(16,17)11-10(12)13-7-15(11)2/h7-9,14H,3-6,12H2,1-2H3. The minimum absolute atomic E-state index is 0.00995. The maximum atomic E-state index is 12.4. The summed E-state index contributed by atoms with van der Waals surface area (Å²) in [5.74, 6) is 1.05. The van der Waals surface area contributed by atoms with E-state index in [1.807, 2.05) is 11.8 Å². The molecule has 0 aliphatic heterocycles. The van der Waals surface area contributed by atoms with Gasteiger partial charge in [0.1, 0.15) is 0 Å². The Morgan fingerprint density at radius 1 is 1.58 bits per heavy atom. The number of hydrogen-bond donors (Lipinski definition) is 2. The van der Waals surface area contributed by atoms with Crippen LogP contribution in [0.4, 0.5) is 5.82 Å². The Balaban J connectivity index is 2.18. The van der Waals surface area contributed by atoms with Crippen LogP contribution < -0.4 is 10.5 Å². The quantitative estimate of drug-likeness (QED) is 0.845. The highest BCUT2D eigenvalue weighted by atomic mass is 32.2. The number of nitrogens with one attached hydrogen (secondary N) is 1. The molecule has 1 aliphatic rings. The topological polar surface area (TPSA) is 90.0 Å². The van der Waals surface area contributed by atoms with Crippen molar-refractivity contribution in [2.24, 2.45) is 7.05 Å². The predicted octanol–water partition coefficient (Wildman–Crippen LogP) is 0.955. The summed E-state index contributed by atoms with van der Waals surface area (Å²) in [6.45, 7) is 2.09. The number of aromatic nitrogens is 2. The van der Waals surface area contributed by atoms with Gasteiger partial charge in [0.05, 0.1) is 6.33 Å². The molecule has 1 aliphatic carbocycles. The molecule has 0 radical (unpaired) electrons. The van der Waals surface area contributed by atoms with Crippen molar-refractivity contribution in [3.8, 4) is 0 Å². The third-order valence-electron chi connectivity index (χ3n) is 3.30. The van der Waals surface area contributed by atoms with Crippen LogP contribution in [0.15, 0.2) is 11.4 Å². The van der Waals surface area contributed by atoms with E-state index in [1.54, 1.807) is 7.05 Å². The van der Waals surface area contributed by atoms with Gasteiger partial charge in [-0.1, -0.05) is 13.3 Å². The van der Waals surface area contributed by atoms with Gasteiger partial charge in [-0.2, -0.15) is 11.8 Å². The Kier molecular flexibility index (Phi) is 4.42. The van der Waals surface area contributed by atoms with Crippen molar-refractivity contribution in [3.63, 3.8) is 0 Å². The second-order valence-electron chi connectivity index (χ2n) is 4.70. The minimum Gasteiger partial charge on any atom is -0.381 e. The molecule has 2 atom stereocenters. The molecular formula is C11H20N4O2S2. The van der Waals surface area contributed by atoms with Gasteiger partial charge in [0.15, 0.2) is 10.8 Å². The highest BCUT2D eigenvalue weighted by molar-refractivity contribution is 8.00. The zero-order chi connectivity index (χ0) is 14.0. The molecule has 2 unspecified atom stereocenters. The van der Waals surface area contributed by atoms with Crippen LogP contribution >= 0.6 is 11.8 Å². The van der Waals surface area contributed by atoms with Gasteiger partial charge in [-0.25, -0.2) is 18.1 Å². The van der Waals surface area contributed by atoms with Crippen LogP contribution in [0, 0.1) is 0 Å². The minimum atomic E-state index is -3.60. The molecule has 0 bridgehead atoms. The van der Waals surface area contributed by atoms with Crippen molar-refractivity contribution in [2.45, 2.75) is 42.5 Å². The number of thioether (sulfide) groups is 1. The van der Waals surface area contributed by atoms with E-state index in [1.165, 1.54) is 10.9 Å². The number of anilines is 1. The largest absolute Gasteiger partial charge is 0.381 e. The molecular weight excluding hydrogens is 284 g/mol. The average Bonchev–Trinajstić information content (AvgIpc) is 2.87. The van der Waals surface area contributed by atoms with Crippen molar-refractivity contribution in [1.82, 2.24) is 14.3 Å². The Bertz CT molecular complexity index is 521. The molecule has 0 aromatic carbocycles. The fraction of sp³-hybridized carbons (Fsp3) is 0.727. The number of aryl methyl sites for hydroxylation is 1. The molecule has 8 heteroatoms. The van der Waals surface area contributed by atoms with Crippen molar-refractivity contribution in [2.75, 3.05) is 11.5 Å². The van der Waals surface area contributed by atoms with Gasteiger partial charge in [0.25, 0.3) is 10.0 Å². The molecule has 1 heterocycles. The Hall–Kier alpha value is -0.730. The molecule has 6 nitrogen and oxygen atoms in total. The Labute approximate surface area is 118 Å². The molecule has 1 aromatic heterocycles. The summed E-state index contributed by atoms with van der Waals surface area (Å²) in [5, 5.41) is 0.411. The molecule has 1 fully saturated rings. The highest BCUT2D eigenvalue weighted by Gasteiger charge is 2.33. The van der Waals surface area contributed by atoms with E-state index in [-0.39, 0.29) is 16.9 Å². The van der Waals surface area contributed by atoms with E-state index in [2.05, 4.69) is 16.6 Å². The van der Waals surface area contributed by atoms with Crippen molar-refractivity contribution in [3.05, 3.63) is 6.33 Å².